The van der Waals surface area contributed by atoms with Crippen molar-refractivity contribution in [2.24, 2.45) is 0 Å². The highest BCUT2D eigenvalue weighted by molar-refractivity contribution is 7.99. The summed E-state index contributed by atoms with van der Waals surface area (Å²) in [4.78, 5) is 13.0. The lowest BCUT2D eigenvalue weighted by molar-refractivity contribution is 0.0777. The van der Waals surface area contributed by atoms with Crippen LogP contribution in [-0.2, 0) is 17.8 Å². The summed E-state index contributed by atoms with van der Waals surface area (Å²) in [5.74, 6) is 1.85. The first kappa shape index (κ1) is 22.0. The number of ether oxygens (including phenoxy) is 3. The molecule has 1 fully saturated rings. The fraction of sp³-hybridized carbons (Fsp3) is 0.478. The van der Waals surface area contributed by atoms with Gasteiger partial charge in [0.1, 0.15) is 6.61 Å². The van der Waals surface area contributed by atoms with Crippen molar-refractivity contribution in [3.05, 3.63) is 47.3 Å². The second-order valence-corrected chi connectivity index (χ2v) is 9.33. The third kappa shape index (κ3) is 4.77. The molecule has 0 N–H and O–H groups in total. The largest absolute Gasteiger partial charge is 0.486 e. The van der Waals surface area contributed by atoms with E-state index in [1.807, 2.05) is 44.2 Å². The number of para-hydroxylation sites is 2. The van der Waals surface area contributed by atoms with E-state index in [-0.39, 0.29) is 23.7 Å². The van der Waals surface area contributed by atoms with Gasteiger partial charge in [-0.3, -0.25) is 4.79 Å². The molecule has 0 spiro atoms. The highest BCUT2D eigenvalue weighted by Crippen LogP contribution is 2.32. The Morgan fingerprint density at radius 2 is 2.03 bits per heavy atom. The minimum absolute atomic E-state index is 0.0529. The van der Waals surface area contributed by atoms with Gasteiger partial charge in [-0.25, -0.2) is 4.68 Å². The first-order valence-corrected chi connectivity index (χ1v) is 12.2. The topological polar surface area (TPSA) is 93.3 Å². The van der Waals surface area contributed by atoms with Gasteiger partial charge in [0, 0.05) is 23.6 Å². The van der Waals surface area contributed by atoms with E-state index in [9.17, 15) is 4.79 Å². The summed E-state index contributed by atoms with van der Waals surface area (Å²) in [5.41, 5.74) is 2.67. The van der Waals surface area contributed by atoms with Gasteiger partial charge >= 0.3 is 0 Å². The third-order valence-electron chi connectivity index (χ3n) is 6.06. The molecule has 0 saturated carbocycles. The number of hydrogen-bond acceptors (Lipinski definition) is 8. The van der Waals surface area contributed by atoms with Gasteiger partial charge in [-0.2, -0.15) is 0 Å². The molecule has 2 aromatic heterocycles. The second-order valence-electron chi connectivity index (χ2n) is 8.38. The fourth-order valence-corrected chi connectivity index (χ4v) is 5.09. The number of carbonyl (C=O) groups excluding carboxylic acids is 1. The summed E-state index contributed by atoms with van der Waals surface area (Å²) < 4.78 is 21.5. The van der Waals surface area contributed by atoms with Crippen LogP contribution in [0.4, 0.5) is 0 Å². The summed E-state index contributed by atoms with van der Waals surface area (Å²) in [5, 5.41) is 12.6. The highest BCUT2D eigenvalue weighted by atomic mass is 32.2. The van der Waals surface area contributed by atoms with Crippen LogP contribution in [-0.4, -0.2) is 61.7 Å². The predicted octanol–water partition coefficient (Wildman–Crippen LogP) is 3.09. The molecule has 0 aliphatic carbocycles. The van der Waals surface area contributed by atoms with E-state index < -0.39 is 0 Å². The van der Waals surface area contributed by atoms with Gasteiger partial charge in [-0.05, 0) is 55.3 Å². The predicted molar refractivity (Wildman–Crippen MR) is 122 cm³/mol. The van der Waals surface area contributed by atoms with Crippen LogP contribution in [0.15, 0.2) is 35.5 Å². The van der Waals surface area contributed by atoms with Crippen molar-refractivity contribution in [1.29, 1.82) is 0 Å². The molecule has 5 rings (SSSR count). The maximum Gasteiger partial charge on any atom is 0.209 e. The van der Waals surface area contributed by atoms with E-state index in [1.54, 1.807) is 4.68 Å². The monoisotopic (exact) mass is 469 g/mol. The number of Topliss-reactive ketones (excluding diaryl/α,β-unsaturated/α-hetero) is 1. The number of fused-ring (bicyclic) bond motifs is 1. The Morgan fingerprint density at radius 1 is 1.18 bits per heavy atom. The van der Waals surface area contributed by atoms with Crippen LogP contribution >= 0.6 is 11.8 Å². The quantitative estimate of drug-likeness (QED) is 0.367. The lowest BCUT2D eigenvalue weighted by Gasteiger charge is -2.27. The molecule has 4 heterocycles. The Bertz CT molecular complexity index is 1140. The Kier molecular flexibility index (Phi) is 6.37. The molecule has 2 aliphatic heterocycles. The van der Waals surface area contributed by atoms with E-state index in [0.717, 1.165) is 47.9 Å². The number of ketones is 1. The smallest absolute Gasteiger partial charge is 0.209 e. The number of carbonyl (C=O) groups is 1. The zero-order chi connectivity index (χ0) is 22.8. The molecule has 0 bridgehead atoms. The van der Waals surface area contributed by atoms with Crippen molar-refractivity contribution >= 4 is 17.5 Å². The molecule has 0 amide bonds. The number of thioether (sulfide) groups is 1. The number of aryl methyl sites for hydroxylation is 1. The molecule has 10 heteroatoms. The van der Waals surface area contributed by atoms with Crippen LogP contribution < -0.4 is 9.47 Å². The zero-order valence-corrected chi connectivity index (χ0v) is 19.6. The van der Waals surface area contributed by atoms with Crippen molar-refractivity contribution < 1.29 is 19.0 Å². The van der Waals surface area contributed by atoms with E-state index in [4.69, 9.17) is 14.2 Å². The summed E-state index contributed by atoms with van der Waals surface area (Å²) in [6, 6.07) is 9.63. The number of tetrazole rings is 1. The van der Waals surface area contributed by atoms with Crippen LogP contribution in [0.25, 0.3) is 0 Å². The van der Waals surface area contributed by atoms with Crippen LogP contribution in [0.3, 0.4) is 0 Å². The average Bonchev–Trinajstić information content (AvgIpc) is 3.56. The number of nitrogens with zero attached hydrogens (tertiary/aromatic N) is 5. The first-order valence-electron chi connectivity index (χ1n) is 11.2. The maximum atomic E-state index is 13.0. The second kappa shape index (κ2) is 9.56. The molecule has 0 radical (unpaired) electrons. The Hall–Kier alpha value is -2.85. The molecule has 1 saturated heterocycles. The summed E-state index contributed by atoms with van der Waals surface area (Å²) in [6.07, 6.45) is 2.09. The first-order chi connectivity index (χ1) is 16.1. The number of aromatic nitrogens is 5. The van der Waals surface area contributed by atoms with Crippen molar-refractivity contribution in [3.63, 3.8) is 0 Å². The summed E-state index contributed by atoms with van der Waals surface area (Å²) in [7, 11) is 0. The standard InChI is InChI=1S/C23H27N5O4S/c1-15-10-19(16(2)27(15)11-18-13-31-21-7-3-4-8-22(21)32-18)20(29)14-33-23-24-25-26-28(23)12-17-6-5-9-30-17/h3-4,7-8,10,17-18H,5-6,9,11-14H2,1-2H3. The summed E-state index contributed by atoms with van der Waals surface area (Å²) in [6.45, 7) is 6.48. The minimum Gasteiger partial charge on any atom is -0.486 e. The molecule has 2 atom stereocenters. The molecule has 33 heavy (non-hydrogen) atoms. The SMILES string of the molecule is Cc1cc(C(=O)CSc2nnnn2CC2CCCO2)c(C)n1CC1COc2ccccc2O1. The number of benzene rings is 1. The van der Waals surface area contributed by atoms with Gasteiger partial charge in [-0.15, -0.1) is 5.10 Å². The number of hydrogen-bond donors (Lipinski definition) is 0. The molecule has 174 valence electrons. The van der Waals surface area contributed by atoms with Gasteiger partial charge in [0.15, 0.2) is 23.4 Å². The van der Waals surface area contributed by atoms with Gasteiger partial charge < -0.3 is 18.8 Å². The van der Waals surface area contributed by atoms with E-state index in [0.29, 0.717) is 24.9 Å². The van der Waals surface area contributed by atoms with E-state index in [2.05, 4.69) is 20.1 Å². The maximum absolute atomic E-state index is 13.0. The summed E-state index contributed by atoms with van der Waals surface area (Å²) >= 11 is 1.36. The lowest BCUT2D eigenvalue weighted by Crippen LogP contribution is -2.33. The van der Waals surface area contributed by atoms with Crippen molar-refractivity contribution in [1.82, 2.24) is 24.8 Å². The lowest BCUT2D eigenvalue weighted by atomic mass is 10.2. The van der Waals surface area contributed by atoms with Gasteiger partial charge in [-0.1, -0.05) is 23.9 Å². The van der Waals surface area contributed by atoms with Crippen LogP contribution in [0.2, 0.25) is 0 Å². The molecule has 9 nitrogen and oxygen atoms in total. The van der Waals surface area contributed by atoms with Gasteiger partial charge in [0.25, 0.3) is 0 Å². The highest BCUT2D eigenvalue weighted by Gasteiger charge is 2.25. The number of rotatable bonds is 8. The molecular formula is C23H27N5O4S. The molecule has 3 aromatic rings. The van der Waals surface area contributed by atoms with E-state index in [1.165, 1.54) is 11.8 Å². The van der Waals surface area contributed by atoms with Crippen LogP contribution in [0.5, 0.6) is 11.5 Å². The normalized spacial score (nSPS) is 19.7. The van der Waals surface area contributed by atoms with Crippen molar-refractivity contribution in [2.45, 2.75) is 57.1 Å². The Balaban J connectivity index is 1.22. The molecule has 2 unspecified atom stereocenters. The Morgan fingerprint density at radius 3 is 2.85 bits per heavy atom. The Labute approximate surface area is 196 Å². The van der Waals surface area contributed by atoms with Crippen LogP contribution in [0, 0.1) is 13.8 Å². The molecule has 2 aliphatic rings. The third-order valence-corrected chi connectivity index (χ3v) is 7.02. The van der Waals surface area contributed by atoms with Crippen molar-refractivity contribution in [3.8, 4) is 11.5 Å². The van der Waals surface area contributed by atoms with E-state index >= 15 is 0 Å². The van der Waals surface area contributed by atoms with Gasteiger partial charge in [0.2, 0.25) is 5.16 Å². The average molecular weight is 470 g/mol. The van der Waals surface area contributed by atoms with Gasteiger partial charge in [0.05, 0.1) is 24.9 Å². The minimum atomic E-state index is -0.121. The van der Waals surface area contributed by atoms with Crippen LogP contribution in [0.1, 0.15) is 34.6 Å². The van der Waals surface area contributed by atoms with Crippen molar-refractivity contribution in [2.75, 3.05) is 19.0 Å². The fourth-order valence-electron chi connectivity index (χ4n) is 4.32. The zero-order valence-electron chi connectivity index (χ0n) is 18.8. The molecular weight excluding hydrogens is 442 g/mol. The molecule has 1 aromatic carbocycles.